The highest BCUT2D eigenvalue weighted by molar-refractivity contribution is 8.03. The summed E-state index contributed by atoms with van der Waals surface area (Å²) < 4.78 is 6.69. The first-order chi connectivity index (χ1) is 17.1. The molecule has 1 N–H and O–H groups in total. The predicted octanol–water partition coefficient (Wildman–Crippen LogP) is 3.35. The van der Waals surface area contributed by atoms with E-state index in [1.807, 2.05) is 12.1 Å². The van der Waals surface area contributed by atoms with Crippen molar-refractivity contribution in [1.82, 2.24) is 15.6 Å². The summed E-state index contributed by atoms with van der Waals surface area (Å²) in [5.74, 6) is -0.396. The molecular weight excluding hydrogens is 504 g/mol. The average molecular weight is 524 g/mol. The third kappa shape index (κ3) is 7.28. The number of hydrogen-bond donors (Lipinski definition) is 1. The number of aromatic nitrogens is 2. The fraction of sp³-hybridized carbons (Fsp3) is 0.125. The number of benzene rings is 3. The highest BCUT2D eigenvalue weighted by atomic mass is 32.2. The van der Waals surface area contributed by atoms with Gasteiger partial charge in [-0.05, 0) is 28.5 Å². The van der Waals surface area contributed by atoms with Gasteiger partial charge in [0.05, 0.1) is 17.9 Å². The summed E-state index contributed by atoms with van der Waals surface area (Å²) in [5, 5.41) is 25.3. The van der Waals surface area contributed by atoms with Crippen molar-refractivity contribution in [3.63, 3.8) is 0 Å². The summed E-state index contributed by atoms with van der Waals surface area (Å²) in [6, 6.07) is 21.3. The van der Waals surface area contributed by atoms with Crippen LogP contribution in [0.25, 0.3) is 10.8 Å². The molecule has 0 saturated heterocycles. The fourth-order valence-corrected chi connectivity index (χ4v) is 5.88. The largest absolute Gasteiger partial charge is 0.546 e. The molecule has 0 aliphatic carbocycles. The van der Waals surface area contributed by atoms with Crippen LogP contribution >= 0.6 is 34.9 Å². The quantitative estimate of drug-likeness (QED) is 0.181. The first-order valence-electron chi connectivity index (χ1n) is 10.4. The van der Waals surface area contributed by atoms with Gasteiger partial charge in [0, 0.05) is 11.3 Å². The zero-order valence-electron chi connectivity index (χ0n) is 18.2. The van der Waals surface area contributed by atoms with Gasteiger partial charge in [-0.1, -0.05) is 89.5 Å². The smallest absolute Gasteiger partial charge is 0.250 e. The van der Waals surface area contributed by atoms with Crippen molar-refractivity contribution in [1.29, 1.82) is 0 Å². The fourth-order valence-electron chi connectivity index (χ4n) is 3.06. The van der Waals surface area contributed by atoms with E-state index in [9.17, 15) is 14.7 Å². The Morgan fingerprint density at radius 3 is 2.60 bits per heavy atom. The number of nitrogens with zero attached hydrogens (tertiary/aromatic N) is 3. The maximum Gasteiger partial charge on any atom is 0.250 e. The second-order valence-electron chi connectivity index (χ2n) is 7.04. The number of carbonyl (C=O) groups excluding carboxylic acids is 2. The minimum absolute atomic E-state index is 0.128. The Hall–Kier alpha value is -3.41. The van der Waals surface area contributed by atoms with E-state index in [2.05, 4.69) is 51.1 Å². The molecule has 0 atom stereocenters. The summed E-state index contributed by atoms with van der Waals surface area (Å²) in [6.07, 6.45) is 1.39. The molecule has 4 aromatic rings. The number of carboxylic acids is 1. The molecule has 1 amide bonds. The molecule has 178 valence electrons. The molecular formula is C24H19N4O4S3-. The van der Waals surface area contributed by atoms with Crippen molar-refractivity contribution in [2.45, 2.75) is 14.4 Å². The van der Waals surface area contributed by atoms with E-state index in [1.54, 1.807) is 36.0 Å². The Balaban J connectivity index is 1.25. The van der Waals surface area contributed by atoms with Gasteiger partial charge in [0.2, 0.25) is 0 Å². The number of para-hydroxylation sites is 1. The van der Waals surface area contributed by atoms with Gasteiger partial charge in [-0.25, -0.2) is 5.43 Å². The predicted molar refractivity (Wildman–Crippen MR) is 137 cm³/mol. The summed E-state index contributed by atoms with van der Waals surface area (Å²) in [4.78, 5) is 22.7. The molecule has 0 spiro atoms. The number of hydrazone groups is 1. The highest BCUT2D eigenvalue weighted by Gasteiger charge is 2.10. The maximum atomic E-state index is 12.1. The molecule has 0 aliphatic rings. The lowest BCUT2D eigenvalue weighted by atomic mass is 10.1. The molecule has 0 radical (unpaired) electrons. The number of nitrogens with one attached hydrogen (secondary N) is 1. The van der Waals surface area contributed by atoms with E-state index < -0.39 is 12.6 Å². The van der Waals surface area contributed by atoms with Crippen LogP contribution in [0.5, 0.6) is 5.75 Å². The Kier molecular flexibility index (Phi) is 8.71. The highest BCUT2D eigenvalue weighted by Crippen LogP contribution is 2.32. The number of hydrogen-bond acceptors (Lipinski definition) is 10. The Labute approximate surface area is 213 Å². The van der Waals surface area contributed by atoms with Crippen LogP contribution in [0.15, 0.2) is 80.5 Å². The van der Waals surface area contributed by atoms with Crippen LogP contribution in [0.4, 0.5) is 0 Å². The van der Waals surface area contributed by atoms with Crippen molar-refractivity contribution in [2.24, 2.45) is 5.10 Å². The van der Waals surface area contributed by atoms with E-state index in [0.717, 1.165) is 10.1 Å². The lowest BCUT2D eigenvalue weighted by Gasteiger charge is -2.08. The molecule has 0 aliphatic heterocycles. The van der Waals surface area contributed by atoms with E-state index in [0.29, 0.717) is 15.7 Å². The monoisotopic (exact) mass is 523 g/mol. The van der Waals surface area contributed by atoms with Crippen molar-refractivity contribution in [2.75, 3.05) is 12.4 Å². The number of fused-ring (bicyclic) bond motifs is 1. The first-order valence-corrected chi connectivity index (χ1v) is 13.2. The topological polar surface area (TPSA) is 117 Å². The summed E-state index contributed by atoms with van der Waals surface area (Å²) in [5.41, 5.74) is 4.20. The standard InChI is InChI=1S/C24H20N4O4S3/c29-21(26-25-12-17-7-2-4-11-20(17)32-13-22(30)31)15-34-24-28-27-23(35-24)33-14-18-9-5-8-16-6-1-3-10-19(16)18/h1-12H,13-15H2,(H,26,29)(H,30,31)/p-1/b25-12-. The molecule has 1 aromatic heterocycles. The van der Waals surface area contributed by atoms with Crippen molar-refractivity contribution in [3.05, 3.63) is 77.9 Å². The van der Waals surface area contributed by atoms with Crippen LogP contribution < -0.4 is 15.3 Å². The number of carboxylic acid groups (broad SMARTS) is 1. The number of ether oxygens (including phenoxy) is 1. The van der Waals surface area contributed by atoms with Gasteiger partial charge in [-0.3, -0.25) is 4.79 Å². The van der Waals surface area contributed by atoms with Crippen molar-refractivity contribution >= 4 is 63.7 Å². The van der Waals surface area contributed by atoms with Gasteiger partial charge >= 0.3 is 0 Å². The molecule has 0 bridgehead atoms. The first kappa shape index (κ1) is 24.7. The summed E-state index contributed by atoms with van der Waals surface area (Å²) >= 11 is 4.35. The third-order valence-electron chi connectivity index (χ3n) is 4.60. The van der Waals surface area contributed by atoms with E-state index in [-0.39, 0.29) is 11.7 Å². The minimum atomic E-state index is -1.33. The normalized spacial score (nSPS) is 11.1. The van der Waals surface area contributed by atoms with Gasteiger partial charge in [-0.2, -0.15) is 5.10 Å². The molecule has 3 aromatic carbocycles. The lowest BCUT2D eigenvalue weighted by molar-refractivity contribution is -0.307. The second-order valence-corrected chi connectivity index (χ2v) is 10.5. The molecule has 35 heavy (non-hydrogen) atoms. The zero-order valence-corrected chi connectivity index (χ0v) is 20.7. The van der Waals surface area contributed by atoms with Gasteiger partial charge in [0.1, 0.15) is 12.4 Å². The summed E-state index contributed by atoms with van der Waals surface area (Å²) in [6.45, 7) is -0.572. The van der Waals surface area contributed by atoms with E-state index >= 15 is 0 Å². The molecule has 1 heterocycles. The molecule has 0 fully saturated rings. The van der Waals surface area contributed by atoms with Gasteiger partial charge in [-0.15, -0.1) is 10.2 Å². The molecule has 0 unspecified atom stereocenters. The molecule has 4 rings (SSSR count). The van der Waals surface area contributed by atoms with Crippen molar-refractivity contribution < 1.29 is 19.4 Å². The summed E-state index contributed by atoms with van der Waals surface area (Å²) in [7, 11) is 0. The van der Waals surface area contributed by atoms with E-state index in [4.69, 9.17) is 4.74 Å². The number of rotatable bonds is 11. The van der Waals surface area contributed by atoms with Gasteiger partial charge in [0.15, 0.2) is 8.68 Å². The Bertz CT molecular complexity index is 1350. The van der Waals surface area contributed by atoms with Gasteiger partial charge in [0.25, 0.3) is 5.91 Å². The number of thioether (sulfide) groups is 2. The maximum absolute atomic E-state index is 12.1. The van der Waals surface area contributed by atoms with Crippen LogP contribution in [0.2, 0.25) is 0 Å². The van der Waals surface area contributed by atoms with E-state index in [1.165, 1.54) is 45.6 Å². The van der Waals surface area contributed by atoms with Crippen LogP contribution in [-0.4, -0.2) is 40.6 Å². The Morgan fingerprint density at radius 1 is 1.00 bits per heavy atom. The molecule has 8 nitrogen and oxygen atoms in total. The Morgan fingerprint density at radius 2 is 1.74 bits per heavy atom. The van der Waals surface area contributed by atoms with Gasteiger partial charge < -0.3 is 14.6 Å². The van der Waals surface area contributed by atoms with Crippen LogP contribution in [0.3, 0.4) is 0 Å². The SMILES string of the molecule is O=C([O-])COc1ccccc1/C=N\NC(=O)CSc1nnc(SCc2cccc3ccccc23)s1. The van der Waals surface area contributed by atoms with Crippen LogP contribution in [0.1, 0.15) is 11.1 Å². The number of amides is 1. The zero-order chi connectivity index (χ0) is 24.5. The minimum Gasteiger partial charge on any atom is -0.546 e. The molecule has 11 heteroatoms. The average Bonchev–Trinajstić information content (AvgIpc) is 3.33. The van der Waals surface area contributed by atoms with Crippen LogP contribution in [-0.2, 0) is 15.3 Å². The van der Waals surface area contributed by atoms with Crippen LogP contribution in [0, 0.1) is 0 Å². The molecule has 0 saturated carbocycles. The second kappa shape index (κ2) is 12.3. The van der Waals surface area contributed by atoms with Crippen molar-refractivity contribution in [3.8, 4) is 5.75 Å². The lowest BCUT2D eigenvalue weighted by Crippen LogP contribution is -2.29. The number of carbonyl (C=O) groups is 2. The third-order valence-corrected chi connectivity index (χ3v) is 7.84. The number of aliphatic carboxylic acids is 1.